The Morgan fingerprint density at radius 1 is 1.16 bits per heavy atom. The van der Waals surface area contributed by atoms with Crippen molar-refractivity contribution in [2.24, 2.45) is 5.92 Å². The number of nitro benzene ring substituents is 1. The molecule has 2 unspecified atom stereocenters. The first-order valence-corrected chi connectivity index (χ1v) is 13.2. The molecule has 0 aliphatic carbocycles. The van der Waals surface area contributed by atoms with E-state index in [0.29, 0.717) is 49.8 Å². The number of carbonyl (C=O) groups is 2. The van der Waals surface area contributed by atoms with E-state index in [0.717, 1.165) is 25.2 Å². The van der Waals surface area contributed by atoms with Gasteiger partial charge in [0.15, 0.2) is 0 Å². The van der Waals surface area contributed by atoms with E-state index in [2.05, 4.69) is 24.1 Å². The molecule has 0 radical (unpaired) electrons. The molecule has 2 saturated heterocycles. The second kappa shape index (κ2) is 12.4. The predicted molar refractivity (Wildman–Crippen MR) is 144 cm³/mol. The van der Waals surface area contributed by atoms with Gasteiger partial charge >= 0.3 is 0 Å². The Labute approximate surface area is 223 Å². The number of hydrogen-bond acceptors (Lipinski definition) is 7. The summed E-state index contributed by atoms with van der Waals surface area (Å²) in [4.78, 5) is 44.1. The van der Waals surface area contributed by atoms with Crippen molar-refractivity contribution in [3.63, 3.8) is 0 Å². The minimum atomic E-state index is -0.552. The Balaban J connectivity index is 1.60. The van der Waals surface area contributed by atoms with E-state index in [1.54, 1.807) is 48.4 Å². The zero-order chi connectivity index (χ0) is 27.2. The molecular formula is C28H37N5O5. The monoisotopic (exact) mass is 523 g/mol. The van der Waals surface area contributed by atoms with Crippen molar-refractivity contribution < 1.29 is 19.2 Å². The molecule has 0 spiro atoms. The molecule has 38 heavy (non-hydrogen) atoms. The summed E-state index contributed by atoms with van der Waals surface area (Å²) >= 11 is 0. The smallest absolute Gasteiger partial charge is 0.269 e. The molecule has 0 bridgehead atoms. The Morgan fingerprint density at radius 2 is 1.87 bits per heavy atom. The van der Waals surface area contributed by atoms with E-state index in [-0.39, 0.29) is 23.5 Å². The number of ether oxygens (including phenoxy) is 1. The number of likely N-dealkylation sites (tertiary alicyclic amines) is 1. The van der Waals surface area contributed by atoms with Crippen LogP contribution in [-0.2, 0) is 11.3 Å². The summed E-state index contributed by atoms with van der Waals surface area (Å²) in [6.07, 6.45) is 0.540. The van der Waals surface area contributed by atoms with Crippen LogP contribution in [0.25, 0.3) is 0 Å². The highest BCUT2D eigenvalue weighted by molar-refractivity contribution is 5.98. The molecule has 2 fully saturated rings. The van der Waals surface area contributed by atoms with Gasteiger partial charge in [-0.2, -0.15) is 0 Å². The van der Waals surface area contributed by atoms with Crippen molar-refractivity contribution in [2.75, 3.05) is 46.4 Å². The average molecular weight is 524 g/mol. The number of non-ortho nitro benzene ring substituents is 1. The normalized spacial score (nSPS) is 19.7. The molecule has 204 valence electrons. The lowest BCUT2D eigenvalue weighted by molar-refractivity contribution is -0.384. The summed E-state index contributed by atoms with van der Waals surface area (Å²) in [6.45, 7) is 8.79. The lowest BCUT2D eigenvalue weighted by Crippen LogP contribution is -2.53. The molecule has 2 aromatic carbocycles. The van der Waals surface area contributed by atoms with E-state index in [9.17, 15) is 19.7 Å². The molecule has 2 atom stereocenters. The topological polar surface area (TPSA) is 108 Å². The summed E-state index contributed by atoms with van der Waals surface area (Å²) in [5.74, 6) is 0.763. The number of nitrogens with zero attached hydrogens (tertiary/aromatic N) is 4. The largest absolute Gasteiger partial charge is 0.497 e. The van der Waals surface area contributed by atoms with Gasteiger partial charge in [0.25, 0.3) is 11.6 Å². The van der Waals surface area contributed by atoms with Gasteiger partial charge in [-0.05, 0) is 36.1 Å². The lowest BCUT2D eigenvalue weighted by atomic mass is 10.1. The van der Waals surface area contributed by atoms with Crippen LogP contribution < -0.4 is 10.1 Å². The first-order chi connectivity index (χ1) is 18.3. The maximum absolute atomic E-state index is 13.8. The molecule has 10 nitrogen and oxygen atoms in total. The van der Waals surface area contributed by atoms with Crippen LogP contribution in [0.3, 0.4) is 0 Å². The zero-order valence-electron chi connectivity index (χ0n) is 22.3. The maximum Gasteiger partial charge on any atom is 0.269 e. The molecule has 2 aliphatic heterocycles. The fourth-order valence-electron chi connectivity index (χ4n) is 5.32. The minimum absolute atomic E-state index is 0.00919. The van der Waals surface area contributed by atoms with E-state index >= 15 is 0 Å². The number of methoxy groups -OCH3 is 1. The van der Waals surface area contributed by atoms with Gasteiger partial charge < -0.3 is 19.9 Å². The van der Waals surface area contributed by atoms with Crippen LogP contribution >= 0.6 is 0 Å². The number of nitrogens with one attached hydrogen (secondary N) is 1. The van der Waals surface area contributed by atoms with E-state index < -0.39 is 11.0 Å². The fraction of sp³-hybridized carbons (Fsp3) is 0.500. The van der Waals surface area contributed by atoms with Crippen LogP contribution in [0.5, 0.6) is 5.75 Å². The second-order valence-electron chi connectivity index (χ2n) is 10.4. The zero-order valence-corrected chi connectivity index (χ0v) is 22.3. The molecule has 2 aliphatic rings. The molecule has 0 aromatic heterocycles. The highest BCUT2D eigenvalue weighted by Gasteiger charge is 2.43. The summed E-state index contributed by atoms with van der Waals surface area (Å²) in [7, 11) is 1.56. The SMILES string of the molecule is COc1cccc(C(=O)N2CC(N(Cc3ccc([N+](=O)[O-])cc3)CC(C)C)CC2C(=O)N2CCNCC2)c1. The third-order valence-corrected chi connectivity index (χ3v) is 7.22. The summed E-state index contributed by atoms with van der Waals surface area (Å²) in [6, 6.07) is 13.1. The van der Waals surface area contributed by atoms with Crippen molar-refractivity contribution in [1.29, 1.82) is 0 Å². The molecule has 2 aromatic rings. The van der Waals surface area contributed by atoms with Gasteiger partial charge in [0.05, 0.1) is 12.0 Å². The van der Waals surface area contributed by atoms with Crippen molar-refractivity contribution in [3.05, 3.63) is 69.8 Å². The Kier molecular flexibility index (Phi) is 8.96. The average Bonchev–Trinajstić information content (AvgIpc) is 3.38. The fourth-order valence-corrected chi connectivity index (χ4v) is 5.32. The number of amides is 2. The molecule has 4 rings (SSSR count). The Bertz CT molecular complexity index is 1130. The number of piperazine rings is 1. The highest BCUT2D eigenvalue weighted by Crippen LogP contribution is 2.29. The highest BCUT2D eigenvalue weighted by atomic mass is 16.6. The van der Waals surface area contributed by atoms with Crippen LogP contribution in [0.1, 0.15) is 36.2 Å². The van der Waals surface area contributed by atoms with Crippen molar-refractivity contribution >= 4 is 17.5 Å². The van der Waals surface area contributed by atoms with Crippen molar-refractivity contribution in [1.82, 2.24) is 20.0 Å². The van der Waals surface area contributed by atoms with E-state index in [4.69, 9.17) is 4.74 Å². The van der Waals surface area contributed by atoms with E-state index in [1.807, 2.05) is 4.90 Å². The second-order valence-corrected chi connectivity index (χ2v) is 10.4. The van der Waals surface area contributed by atoms with Gasteiger partial charge in [-0.1, -0.05) is 32.0 Å². The molecular weight excluding hydrogens is 486 g/mol. The summed E-state index contributed by atoms with van der Waals surface area (Å²) < 4.78 is 5.33. The number of hydrogen-bond donors (Lipinski definition) is 1. The number of nitro groups is 1. The third-order valence-electron chi connectivity index (χ3n) is 7.22. The minimum Gasteiger partial charge on any atom is -0.497 e. The number of benzene rings is 2. The van der Waals surface area contributed by atoms with Crippen LogP contribution in [0.2, 0.25) is 0 Å². The molecule has 10 heteroatoms. The van der Waals surface area contributed by atoms with Crippen molar-refractivity contribution in [3.8, 4) is 5.75 Å². The first-order valence-electron chi connectivity index (χ1n) is 13.2. The quantitative estimate of drug-likeness (QED) is 0.398. The van der Waals surface area contributed by atoms with Crippen LogP contribution in [0, 0.1) is 16.0 Å². The van der Waals surface area contributed by atoms with Crippen LogP contribution in [0.4, 0.5) is 5.69 Å². The Morgan fingerprint density at radius 3 is 2.50 bits per heavy atom. The van der Waals surface area contributed by atoms with Gasteiger partial charge in [-0.25, -0.2) is 0 Å². The Hall–Kier alpha value is -3.50. The third kappa shape index (κ3) is 6.49. The predicted octanol–water partition coefficient (Wildman–Crippen LogP) is 2.78. The van der Waals surface area contributed by atoms with Gasteiger partial charge in [0, 0.05) is 69.6 Å². The van der Waals surface area contributed by atoms with Crippen LogP contribution in [0.15, 0.2) is 48.5 Å². The number of rotatable bonds is 9. The summed E-state index contributed by atoms with van der Waals surface area (Å²) in [5.41, 5.74) is 1.51. The first kappa shape index (κ1) is 27.5. The number of carbonyl (C=O) groups excluding carboxylic acids is 2. The van der Waals surface area contributed by atoms with Gasteiger partial charge in [-0.3, -0.25) is 24.6 Å². The maximum atomic E-state index is 13.8. The van der Waals surface area contributed by atoms with Gasteiger partial charge in [0.1, 0.15) is 11.8 Å². The van der Waals surface area contributed by atoms with E-state index in [1.165, 1.54) is 12.1 Å². The summed E-state index contributed by atoms with van der Waals surface area (Å²) in [5, 5.41) is 14.4. The van der Waals surface area contributed by atoms with Crippen LogP contribution in [-0.4, -0.2) is 89.9 Å². The standard InChI is InChI=1S/C28H37N5O5/c1-20(2)17-31(18-21-7-9-23(10-8-21)33(36)37)24-16-26(28(35)30-13-11-29-12-14-30)32(19-24)27(34)22-5-4-6-25(15-22)38-3/h4-10,15,20,24,26,29H,11-14,16-19H2,1-3H3. The molecule has 1 N–H and O–H groups in total. The van der Waals surface area contributed by atoms with Crippen molar-refractivity contribution in [2.45, 2.75) is 38.9 Å². The molecule has 2 heterocycles. The molecule has 0 saturated carbocycles. The molecule has 2 amide bonds. The lowest BCUT2D eigenvalue weighted by Gasteiger charge is -2.32. The van der Waals surface area contributed by atoms with Gasteiger partial charge in [0.2, 0.25) is 5.91 Å². The van der Waals surface area contributed by atoms with Gasteiger partial charge in [-0.15, -0.1) is 0 Å².